The Morgan fingerprint density at radius 1 is 1.26 bits per heavy atom. The third kappa shape index (κ3) is 7.93. The molecule has 2 fully saturated rings. The molecular weight excluding hydrogens is 458 g/mol. The van der Waals surface area contributed by atoms with Crippen molar-refractivity contribution in [3.8, 4) is 0 Å². The highest BCUT2D eigenvalue weighted by molar-refractivity contribution is 5.73. The van der Waals surface area contributed by atoms with E-state index in [1.54, 1.807) is 6.07 Å². The molecule has 0 radical (unpaired) electrons. The van der Waals surface area contributed by atoms with Gasteiger partial charge in [-0.2, -0.15) is 13.2 Å². The Labute approximate surface area is 194 Å². The molecule has 3 heterocycles. The largest absolute Gasteiger partial charge is 0.490 e. The zero-order valence-corrected chi connectivity index (χ0v) is 18.4. The maximum atomic E-state index is 13.3. The second-order valence-corrected chi connectivity index (χ2v) is 8.34. The van der Waals surface area contributed by atoms with E-state index in [-0.39, 0.29) is 11.4 Å². The average Bonchev–Trinajstić information content (AvgIpc) is 3.07. The molecule has 1 spiro atoms. The van der Waals surface area contributed by atoms with E-state index < -0.39 is 12.1 Å². The predicted octanol–water partition coefficient (Wildman–Crippen LogP) is 3.57. The Morgan fingerprint density at radius 3 is 2.74 bits per heavy atom. The molecule has 34 heavy (non-hydrogen) atoms. The van der Waals surface area contributed by atoms with Crippen molar-refractivity contribution in [2.24, 2.45) is 5.92 Å². The van der Waals surface area contributed by atoms with Gasteiger partial charge in [0.05, 0.1) is 25.5 Å². The Kier molecular flexibility index (Phi) is 8.81. The van der Waals surface area contributed by atoms with Gasteiger partial charge in [0.2, 0.25) is 0 Å². The summed E-state index contributed by atoms with van der Waals surface area (Å²) in [7, 11) is 0. The number of carboxylic acids is 1. The Balaban J connectivity index is 0.000000406. The first kappa shape index (κ1) is 25.9. The fraction of sp³-hybridized carbons (Fsp3) is 0.478. The number of halogens is 4. The summed E-state index contributed by atoms with van der Waals surface area (Å²) in [6.07, 6.45) is -2.31. The molecule has 2 aliphatic heterocycles. The second kappa shape index (κ2) is 11.6. The minimum absolute atomic E-state index is 0.221. The van der Waals surface area contributed by atoms with Crippen molar-refractivity contribution in [2.45, 2.75) is 24.7 Å². The number of nitrogens with one attached hydrogen (secondary N) is 1. The van der Waals surface area contributed by atoms with Crippen LogP contribution in [0.25, 0.3) is 0 Å². The first-order valence-corrected chi connectivity index (χ1v) is 10.8. The van der Waals surface area contributed by atoms with Gasteiger partial charge in [0.25, 0.3) is 0 Å². The van der Waals surface area contributed by atoms with Gasteiger partial charge >= 0.3 is 12.1 Å². The molecule has 2 atom stereocenters. The first-order chi connectivity index (χ1) is 16.2. The molecule has 2 saturated heterocycles. The van der Waals surface area contributed by atoms with Gasteiger partial charge in [0.1, 0.15) is 11.4 Å². The van der Waals surface area contributed by atoms with E-state index in [4.69, 9.17) is 19.4 Å². The zero-order chi connectivity index (χ0) is 24.6. The number of aliphatic carboxylic acids is 1. The van der Waals surface area contributed by atoms with Crippen LogP contribution < -0.4 is 5.32 Å². The fourth-order valence-corrected chi connectivity index (χ4v) is 3.98. The topological polar surface area (TPSA) is 83.9 Å². The molecule has 1 aromatic carbocycles. The molecule has 0 bridgehead atoms. The van der Waals surface area contributed by atoms with E-state index in [1.807, 2.05) is 24.4 Å². The Bertz CT molecular complexity index is 932. The average molecular weight is 485 g/mol. The third-order valence-electron chi connectivity index (χ3n) is 5.49. The number of pyridine rings is 1. The van der Waals surface area contributed by atoms with Crippen LogP contribution in [0, 0.1) is 11.7 Å². The molecule has 4 rings (SSSR count). The van der Waals surface area contributed by atoms with Crippen molar-refractivity contribution in [3.63, 3.8) is 0 Å². The van der Waals surface area contributed by atoms with Crippen LogP contribution in [0.5, 0.6) is 0 Å². The number of hydrogen-bond donors (Lipinski definition) is 2. The van der Waals surface area contributed by atoms with Crippen LogP contribution >= 0.6 is 0 Å². The SMILES string of the molecule is Fc1cccc(NCC2COC3(COCCN(Cc4ccccn4)C3)C2)c1.O=C(O)C(F)(F)F. The van der Waals surface area contributed by atoms with Crippen LogP contribution in [0.2, 0.25) is 0 Å². The summed E-state index contributed by atoms with van der Waals surface area (Å²) in [5.41, 5.74) is 1.61. The van der Waals surface area contributed by atoms with E-state index in [0.29, 0.717) is 25.7 Å². The zero-order valence-electron chi connectivity index (χ0n) is 18.4. The molecule has 2 aromatic rings. The lowest BCUT2D eigenvalue weighted by molar-refractivity contribution is -0.192. The predicted molar refractivity (Wildman–Crippen MR) is 116 cm³/mol. The molecule has 2 aliphatic rings. The van der Waals surface area contributed by atoms with Crippen LogP contribution in [0.3, 0.4) is 0 Å². The lowest BCUT2D eigenvalue weighted by Gasteiger charge is -2.31. The lowest BCUT2D eigenvalue weighted by Crippen LogP contribution is -2.44. The monoisotopic (exact) mass is 485 g/mol. The number of nitrogens with zero attached hydrogens (tertiary/aromatic N) is 2. The number of aromatic nitrogens is 1. The molecule has 1 aromatic heterocycles. The number of hydrogen-bond acceptors (Lipinski definition) is 6. The van der Waals surface area contributed by atoms with Crippen LogP contribution in [0.15, 0.2) is 48.7 Å². The van der Waals surface area contributed by atoms with Gasteiger partial charge in [-0.1, -0.05) is 12.1 Å². The lowest BCUT2D eigenvalue weighted by atomic mass is 9.94. The Hall–Kier alpha value is -2.76. The van der Waals surface area contributed by atoms with Crippen molar-refractivity contribution in [1.82, 2.24) is 9.88 Å². The Morgan fingerprint density at radius 2 is 2.06 bits per heavy atom. The van der Waals surface area contributed by atoms with Gasteiger partial charge in [-0.05, 0) is 36.8 Å². The highest BCUT2D eigenvalue weighted by Crippen LogP contribution is 2.33. The maximum Gasteiger partial charge on any atom is 0.490 e. The minimum Gasteiger partial charge on any atom is -0.475 e. The van der Waals surface area contributed by atoms with Crippen LogP contribution in [0.4, 0.5) is 23.2 Å². The van der Waals surface area contributed by atoms with E-state index in [9.17, 15) is 17.6 Å². The minimum atomic E-state index is -5.08. The van der Waals surface area contributed by atoms with Gasteiger partial charge in [-0.25, -0.2) is 9.18 Å². The summed E-state index contributed by atoms with van der Waals surface area (Å²) in [6.45, 7) is 5.34. The molecule has 11 heteroatoms. The summed E-state index contributed by atoms with van der Waals surface area (Å²) < 4.78 is 57.2. The molecule has 0 amide bonds. The summed E-state index contributed by atoms with van der Waals surface area (Å²) in [5, 5.41) is 10.5. The standard InChI is InChI=1S/C21H26FN3O2.C2HF3O2/c22-18-4-3-6-19(10-18)24-12-17-11-21(27-14-17)15-25(8-9-26-16-21)13-20-5-1-2-7-23-20;3-2(4,5)1(6)7/h1-7,10,17,24H,8-9,11-16H2;(H,6,7). The molecular formula is C23H27F4N3O4. The number of anilines is 1. The van der Waals surface area contributed by atoms with Crippen LogP contribution in [0.1, 0.15) is 12.1 Å². The number of alkyl halides is 3. The van der Waals surface area contributed by atoms with E-state index in [2.05, 4.69) is 21.3 Å². The van der Waals surface area contributed by atoms with Crippen molar-refractivity contribution >= 4 is 11.7 Å². The van der Waals surface area contributed by atoms with Crippen molar-refractivity contribution < 1.29 is 36.9 Å². The summed E-state index contributed by atoms with van der Waals surface area (Å²) >= 11 is 0. The number of benzene rings is 1. The molecule has 2 unspecified atom stereocenters. The van der Waals surface area contributed by atoms with E-state index in [1.165, 1.54) is 12.1 Å². The van der Waals surface area contributed by atoms with Crippen molar-refractivity contribution in [1.29, 1.82) is 0 Å². The van der Waals surface area contributed by atoms with Crippen molar-refractivity contribution in [3.05, 3.63) is 60.2 Å². The fourth-order valence-electron chi connectivity index (χ4n) is 3.98. The van der Waals surface area contributed by atoms with E-state index in [0.717, 1.165) is 44.0 Å². The second-order valence-electron chi connectivity index (χ2n) is 8.34. The third-order valence-corrected chi connectivity index (χ3v) is 5.49. The number of carbonyl (C=O) groups is 1. The first-order valence-electron chi connectivity index (χ1n) is 10.8. The van der Waals surface area contributed by atoms with Gasteiger partial charge in [-0.3, -0.25) is 9.88 Å². The smallest absolute Gasteiger partial charge is 0.475 e. The quantitative estimate of drug-likeness (QED) is 0.627. The summed E-state index contributed by atoms with van der Waals surface area (Å²) in [5.74, 6) is -2.60. The maximum absolute atomic E-state index is 13.3. The number of ether oxygens (including phenoxy) is 2. The highest BCUT2D eigenvalue weighted by Gasteiger charge is 2.43. The van der Waals surface area contributed by atoms with Crippen LogP contribution in [-0.2, 0) is 20.8 Å². The van der Waals surface area contributed by atoms with Crippen LogP contribution in [-0.4, -0.2) is 72.2 Å². The summed E-state index contributed by atoms with van der Waals surface area (Å²) in [4.78, 5) is 15.7. The number of rotatable bonds is 5. The summed E-state index contributed by atoms with van der Waals surface area (Å²) in [6, 6.07) is 12.6. The molecule has 0 saturated carbocycles. The van der Waals surface area contributed by atoms with Gasteiger partial charge in [0, 0.05) is 44.0 Å². The molecule has 7 nitrogen and oxygen atoms in total. The van der Waals surface area contributed by atoms with Gasteiger partial charge < -0.3 is 19.9 Å². The number of carboxylic acid groups (broad SMARTS) is 1. The van der Waals surface area contributed by atoms with Gasteiger partial charge in [0.15, 0.2) is 0 Å². The van der Waals surface area contributed by atoms with Gasteiger partial charge in [-0.15, -0.1) is 0 Å². The normalized spacial score (nSPS) is 23.1. The molecule has 2 N–H and O–H groups in total. The molecule has 0 aliphatic carbocycles. The molecule has 186 valence electrons. The highest BCUT2D eigenvalue weighted by atomic mass is 19.4. The van der Waals surface area contributed by atoms with Crippen molar-refractivity contribution in [2.75, 3.05) is 44.8 Å². The van der Waals surface area contributed by atoms with E-state index >= 15 is 0 Å².